The summed E-state index contributed by atoms with van der Waals surface area (Å²) in [6, 6.07) is 11.4. The van der Waals surface area contributed by atoms with E-state index in [1.54, 1.807) is 30.3 Å². The van der Waals surface area contributed by atoms with Crippen LogP contribution in [0.5, 0.6) is 11.5 Å². The van der Waals surface area contributed by atoms with Crippen molar-refractivity contribution in [2.75, 3.05) is 20.3 Å². The van der Waals surface area contributed by atoms with E-state index >= 15 is 0 Å². The molecule has 0 aliphatic rings. The molecule has 9 nitrogen and oxygen atoms in total. The number of ether oxygens (including phenoxy) is 2. The molecule has 0 atom stereocenters. The topological polar surface area (TPSA) is 129 Å². The second-order valence-corrected chi connectivity index (χ2v) is 5.40. The first-order valence-electron chi connectivity index (χ1n) is 8.21. The lowest BCUT2D eigenvalue weighted by Gasteiger charge is -2.05. The number of aromatic hydroxyl groups is 1. The van der Waals surface area contributed by atoms with Crippen molar-refractivity contribution in [3.63, 3.8) is 0 Å². The van der Waals surface area contributed by atoms with E-state index in [1.165, 1.54) is 19.2 Å². The van der Waals surface area contributed by atoms with Gasteiger partial charge < -0.3 is 14.6 Å². The summed E-state index contributed by atoms with van der Waals surface area (Å²) < 4.78 is 10.2. The Bertz CT molecular complexity index is 845. The summed E-state index contributed by atoms with van der Waals surface area (Å²) in [5.41, 5.74) is 9.23. The van der Waals surface area contributed by atoms with Crippen molar-refractivity contribution in [2.24, 2.45) is 15.3 Å². The van der Waals surface area contributed by atoms with Gasteiger partial charge in [-0.1, -0.05) is 5.11 Å². The maximum absolute atomic E-state index is 11.6. The van der Waals surface area contributed by atoms with E-state index in [0.717, 1.165) is 12.8 Å². The molecule has 0 saturated heterocycles. The summed E-state index contributed by atoms with van der Waals surface area (Å²) in [5.74, 6) is -0.123. The number of azo groups is 1. The van der Waals surface area contributed by atoms with Gasteiger partial charge in [0, 0.05) is 11.5 Å². The van der Waals surface area contributed by atoms with Crippen LogP contribution < -0.4 is 4.74 Å². The van der Waals surface area contributed by atoms with Crippen molar-refractivity contribution in [3.05, 3.63) is 58.5 Å². The zero-order valence-corrected chi connectivity index (χ0v) is 14.8. The molecule has 1 N–H and O–H groups in total. The first-order chi connectivity index (χ1) is 13.1. The first kappa shape index (κ1) is 19.7. The van der Waals surface area contributed by atoms with Crippen LogP contribution in [0, 0.1) is 0 Å². The van der Waals surface area contributed by atoms with Gasteiger partial charge in [0.15, 0.2) is 0 Å². The minimum absolute atomic E-state index is 0.0261. The van der Waals surface area contributed by atoms with Crippen molar-refractivity contribution in [1.82, 2.24) is 0 Å². The second-order valence-electron chi connectivity index (χ2n) is 5.40. The molecule has 2 rings (SSSR count). The monoisotopic (exact) mass is 369 g/mol. The van der Waals surface area contributed by atoms with E-state index in [0.29, 0.717) is 30.3 Å². The predicted molar refractivity (Wildman–Crippen MR) is 98.8 cm³/mol. The van der Waals surface area contributed by atoms with E-state index < -0.39 is 5.97 Å². The van der Waals surface area contributed by atoms with E-state index in [2.05, 4.69) is 25.0 Å². The zero-order valence-electron chi connectivity index (χ0n) is 14.8. The zero-order chi connectivity index (χ0) is 19.5. The Morgan fingerprint density at radius 3 is 2.52 bits per heavy atom. The number of phenols is 1. The third-order valence-corrected chi connectivity index (χ3v) is 3.49. The third kappa shape index (κ3) is 6.33. The Morgan fingerprint density at radius 1 is 1.11 bits per heavy atom. The fourth-order valence-electron chi connectivity index (χ4n) is 2.10. The first-order valence-corrected chi connectivity index (χ1v) is 8.21. The minimum atomic E-state index is -0.648. The van der Waals surface area contributed by atoms with Gasteiger partial charge in [-0.2, -0.15) is 10.2 Å². The second kappa shape index (κ2) is 10.4. The Kier molecular flexibility index (Phi) is 7.62. The molecular formula is C18H19N5O4. The van der Waals surface area contributed by atoms with Crippen LogP contribution in [0.25, 0.3) is 10.4 Å². The van der Waals surface area contributed by atoms with Crippen LogP contribution in [-0.4, -0.2) is 31.3 Å². The van der Waals surface area contributed by atoms with Gasteiger partial charge in [-0.25, -0.2) is 4.79 Å². The maximum Gasteiger partial charge on any atom is 0.341 e. The SMILES string of the molecule is COC(=O)c1cc(N=Nc2ccc(OCCCCN=[N+]=[N-])cc2)ccc1O. The highest BCUT2D eigenvalue weighted by Gasteiger charge is 2.11. The summed E-state index contributed by atoms with van der Waals surface area (Å²) in [4.78, 5) is 14.3. The van der Waals surface area contributed by atoms with Crippen molar-refractivity contribution < 1.29 is 19.4 Å². The molecule has 0 aliphatic heterocycles. The van der Waals surface area contributed by atoms with Crippen LogP contribution in [-0.2, 0) is 4.74 Å². The molecular weight excluding hydrogens is 350 g/mol. The van der Waals surface area contributed by atoms with Gasteiger partial charge in [-0.05, 0) is 60.8 Å². The number of azide groups is 1. The van der Waals surface area contributed by atoms with Gasteiger partial charge in [0.25, 0.3) is 0 Å². The molecule has 0 bridgehead atoms. The third-order valence-electron chi connectivity index (χ3n) is 3.49. The number of hydrogen-bond donors (Lipinski definition) is 1. The predicted octanol–water partition coefficient (Wildman–Crippen LogP) is 5.06. The number of carbonyl (C=O) groups excluding carboxylic acids is 1. The number of nitrogens with zero attached hydrogens (tertiary/aromatic N) is 5. The van der Waals surface area contributed by atoms with Gasteiger partial charge in [0.05, 0.1) is 25.1 Å². The average Bonchev–Trinajstić information content (AvgIpc) is 2.70. The molecule has 0 radical (unpaired) electrons. The minimum Gasteiger partial charge on any atom is -0.507 e. The Balaban J connectivity index is 1.92. The summed E-state index contributed by atoms with van der Waals surface area (Å²) in [7, 11) is 1.24. The van der Waals surface area contributed by atoms with E-state index in [9.17, 15) is 9.90 Å². The number of methoxy groups -OCH3 is 1. The number of unbranched alkanes of at least 4 members (excludes halogenated alkanes) is 1. The van der Waals surface area contributed by atoms with Crippen LogP contribution in [0.3, 0.4) is 0 Å². The molecule has 0 spiro atoms. The summed E-state index contributed by atoms with van der Waals surface area (Å²) in [5, 5.41) is 21.3. The number of benzene rings is 2. The molecule has 0 aliphatic carbocycles. The number of rotatable bonds is 9. The standard InChI is InChI=1S/C18H19N5O4/c1-26-18(25)16-12-14(6-9-17(16)24)22-21-13-4-7-15(8-5-13)27-11-3-2-10-20-23-19/h4-9,12,24H,2-3,10-11H2,1H3. The lowest BCUT2D eigenvalue weighted by atomic mass is 10.2. The van der Waals surface area contributed by atoms with E-state index in [4.69, 9.17) is 10.3 Å². The molecule has 2 aromatic carbocycles. The molecule has 0 heterocycles. The highest BCUT2D eigenvalue weighted by Crippen LogP contribution is 2.26. The average molecular weight is 369 g/mol. The number of hydrogen-bond acceptors (Lipinski definition) is 7. The van der Waals surface area contributed by atoms with Gasteiger partial charge in [0.1, 0.15) is 17.1 Å². The Morgan fingerprint density at radius 2 is 1.81 bits per heavy atom. The Labute approximate surface area is 155 Å². The van der Waals surface area contributed by atoms with Crippen molar-refractivity contribution in [3.8, 4) is 11.5 Å². The van der Waals surface area contributed by atoms with Crippen LogP contribution >= 0.6 is 0 Å². The Hall–Kier alpha value is -3.58. The largest absolute Gasteiger partial charge is 0.507 e. The van der Waals surface area contributed by atoms with Crippen molar-refractivity contribution >= 4 is 17.3 Å². The maximum atomic E-state index is 11.6. The normalized spacial score (nSPS) is 10.4. The quantitative estimate of drug-likeness (QED) is 0.217. The molecule has 0 aromatic heterocycles. The van der Waals surface area contributed by atoms with Crippen LogP contribution in [0.1, 0.15) is 23.2 Å². The number of esters is 1. The molecule has 9 heteroatoms. The van der Waals surface area contributed by atoms with Gasteiger partial charge in [-0.3, -0.25) is 0 Å². The lowest BCUT2D eigenvalue weighted by molar-refractivity contribution is 0.0597. The van der Waals surface area contributed by atoms with Crippen LogP contribution in [0.15, 0.2) is 57.8 Å². The lowest BCUT2D eigenvalue weighted by Crippen LogP contribution is -2.00. The van der Waals surface area contributed by atoms with Crippen molar-refractivity contribution in [1.29, 1.82) is 0 Å². The van der Waals surface area contributed by atoms with Gasteiger partial charge in [-0.15, -0.1) is 0 Å². The summed E-state index contributed by atoms with van der Waals surface area (Å²) >= 11 is 0. The number of carbonyl (C=O) groups is 1. The molecule has 2 aromatic rings. The highest BCUT2D eigenvalue weighted by atomic mass is 16.5. The smallest absolute Gasteiger partial charge is 0.341 e. The van der Waals surface area contributed by atoms with E-state index in [1.807, 2.05) is 0 Å². The van der Waals surface area contributed by atoms with Crippen molar-refractivity contribution in [2.45, 2.75) is 12.8 Å². The molecule has 0 fully saturated rings. The molecule has 27 heavy (non-hydrogen) atoms. The van der Waals surface area contributed by atoms with Gasteiger partial charge >= 0.3 is 5.97 Å². The van der Waals surface area contributed by atoms with E-state index in [-0.39, 0.29) is 11.3 Å². The highest BCUT2D eigenvalue weighted by molar-refractivity contribution is 5.93. The fraction of sp³-hybridized carbons (Fsp3) is 0.278. The molecule has 0 amide bonds. The summed E-state index contributed by atoms with van der Waals surface area (Å²) in [6.45, 7) is 1.000. The molecule has 0 saturated carbocycles. The molecule has 0 unspecified atom stereocenters. The number of phenolic OH excluding ortho intramolecular Hbond substituents is 1. The summed E-state index contributed by atoms with van der Waals surface area (Å²) in [6.07, 6.45) is 1.57. The van der Waals surface area contributed by atoms with Crippen LogP contribution in [0.2, 0.25) is 0 Å². The van der Waals surface area contributed by atoms with Gasteiger partial charge in [0.2, 0.25) is 0 Å². The van der Waals surface area contributed by atoms with Crippen LogP contribution in [0.4, 0.5) is 11.4 Å². The molecule has 140 valence electrons. The fourth-order valence-corrected chi connectivity index (χ4v) is 2.10.